The summed E-state index contributed by atoms with van der Waals surface area (Å²) in [6.45, 7) is 0. The van der Waals surface area contributed by atoms with E-state index in [1.165, 1.54) is 49.4 Å². The zero-order chi connectivity index (χ0) is 22.0. The van der Waals surface area contributed by atoms with Crippen molar-refractivity contribution < 1.29 is 23.7 Å². The number of methoxy groups -OCH3 is 1. The van der Waals surface area contributed by atoms with Gasteiger partial charge in [0.15, 0.2) is 0 Å². The third-order valence-electron chi connectivity index (χ3n) is 4.66. The maximum absolute atomic E-state index is 13.3. The maximum Gasteiger partial charge on any atom is 0.272 e. The predicted molar refractivity (Wildman–Crippen MR) is 116 cm³/mol. The number of hydrogen-bond donors (Lipinski definition) is 0. The fourth-order valence-electron chi connectivity index (χ4n) is 3.17. The number of thioether (sulfide) groups is 1. The molecule has 2 aromatic carbocycles. The van der Waals surface area contributed by atoms with Gasteiger partial charge in [0.05, 0.1) is 40.2 Å². The SMILES string of the molecule is COc1cccc(N2C(=O)C(SCc3ccco3)=C(c3ccc([N+](=O)[O-])cc3)C2=O)c1. The molecule has 2 amide bonds. The molecule has 31 heavy (non-hydrogen) atoms. The smallest absolute Gasteiger partial charge is 0.272 e. The normalized spacial score (nSPS) is 13.8. The number of ether oxygens (including phenoxy) is 1. The molecule has 0 saturated carbocycles. The van der Waals surface area contributed by atoms with Gasteiger partial charge < -0.3 is 9.15 Å². The van der Waals surface area contributed by atoms with E-state index in [9.17, 15) is 19.7 Å². The second kappa shape index (κ2) is 8.49. The van der Waals surface area contributed by atoms with Gasteiger partial charge in [-0.15, -0.1) is 11.8 Å². The summed E-state index contributed by atoms with van der Waals surface area (Å²) in [5, 5.41) is 11.0. The fourth-order valence-corrected chi connectivity index (χ4v) is 4.19. The molecule has 0 spiro atoms. The molecule has 8 nitrogen and oxygen atoms in total. The second-order valence-electron chi connectivity index (χ2n) is 6.52. The molecule has 1 aliphatic heterocycles. The zero-order valence-electron chi connectivity index (χ0n) is 16.3. The molecule has 0 N–H and O–H groups in total. The number of nitro benzene ring substituents is 1. The lowest BCUT2D eigenvalue weighted by atomic mass is 10.1. The molecule has 1 aromatic heterocycles. The van der Waals surface area contributed by atoms with Gasteiger partial charge >= 0.3 is 0 Å². The van der Waals surface area contributed by atoms with Crippen molar-refractivity contribution in [1.29, 1.82) is 0 Å². The summed E-state index contributed by atoms with van der Waals surface area (Å²) < 4.78 is 10.5. The van der Waals surface area contributed by atoms with Crippen LogP contribution in [0.2, 0.25) is 0 Å². The average molecular weight is 436 g/mol. The molecule has 0 bridgehead atoms. The van der Waals surface area contributed by atoms with Crippen LogP contribution in [-0.2, 0) is 15.3 Å². The number of anilines is 1. The minimum absolute atomic E-state index is 0.101. The first-order chi connectivity index (χ1) is 15.0. The van der Waals surface area contributed by atoms with E-state index >= 15 is 0 Å². The van der Waals surface area contributed by atoms with Crippen molar-refractivity contribution in [3.05, 3.63) is 93.3 Å². The lowest BCUT2D eigenvalue weighted by molar-refractivity contribution is -0.384. The molecule has 3 aromatic rings. The molecule has 0 saturated heterocycles. The molecule has 0 fully saturated rings. The van der Waals surface area contributed by atoms with Crippen LogP contribution in [-0.4, -0.2) is 23.8 Å². The van der Waals surface area contributed by atoms with E-state index in [1.807, 2.05) is 0 Å². The third kappa shape index (κ3) is 3.95. The van der Waals surface area contributed by atoms with Crippen LogP contribution in [0.1, 0.15) is 11.3 Å². The van der Waals surface area contributed by atoms with Crippen molar-refractivity contribution in [1.82, 2.24) is 0 Å². The number of carbonyl (C=O) groups excluding carboxylic acids is 2. The molecule has 156 valence electrons. The van der Waals surface area contributed by atoms with E-state index in [2.05, 4.69) is 0 Å². The minimum atomic E-state index is -0.519. The molecule has 0 radical (unpaired) electrons. The molecule has 2 heterocycles. The Bertz CT molecular complexity index is 1180. The molecular weight excluding hydrogens is 420 g/mol. The Morgan fingerprint density at radius 2 is 1.84 bits per heavy atom. The van der Waals surface area contributed by atoms with Gasteiger partial charge in [0.25, 0.3) is 17.5 Å². The topological polar surface area (TPSA) is 103 Å². The van der Waals surface area contributed by atoms with Crippen molar-refractivity contribution in [3.8, 4) is 5.75 Å². The van der Waals surface area contributed by atoms with Crippen LogP contribution in [0.4, 0.5) is 11.4 Å². The van der Waals surface area contributed by atoms with E-state index in [0.29, 0.717) is 28.5 Å². The van der Waals surface area contributed by atoms with Crippen LogP contribution in [0.15, 0.2) is 76.2 Å². The molecule has 0 aliphatic carbocycles. The van der Waals surface area contributed by atoms with Gasteiger partial charge in [0, 0.05) is 18.2 Å². The highest BCUT2D eigenvalue weighted by molar-refractivity contribution is 8.03. The lowest BCUT2D eigenvalue weighted by Crippen LogP contribution is -2.31. The predicted octanol–water partition coefficient (Wildman–Crippen LogP) is 4.41. The molecule has 4 rings (SSSR count). The summed E-state index contributed by atoms with van der Waals surface area (Å²) in [6.07, 6.45) is 1.53. The second-order valence-corrected chi connectivity index (χ2v) is 7.51. The molecular formula is C22H16N2O6S. The Balaban J connectivity index is 1.75. The van der Waals surface area contributed by atoms with E-state index < -0.39 is 16.7 Å². The first kappa shape index (κ1) is 20.4. The Morgan fingerprint density at radius 1 is 1.06 bits per heavy atom. The number of amides is 2. The molecule has 0 unspecified atom stereocenters. The molecule has 9 heteroatoms. The number of nitrogens with zero attached hydrogens (tertiary/aromatic N) is 2. The summed E-state index contributed by atoms with van der Waals surface area (Å²) in [5.74, 6) is 0.536. The fraction of sp³-hybridized carbons (Fsp3) is 0.0909. The molecule has 1 aliphatic rings. The van der Waals surface area contributed by atoms with Crippen LogP contribution in [0, 0.1) is 10.1 Å². The van der Waals surface area contributed by atoms with Crippen LogP contribution >= 0.6 is 11.8 Å². The summed E-state index contributed by atoms with van der Waals surface area (Å²) in [5.41, 5.74) is 0.897. The number of carbonyl (C=O) groups is 2. The van der Waals surface area contributed by atoms with E-state index in [4.69, 9.17) is 9.15 Å². The van der Waals surface area contributed by atoms with Crippen LogP contribution in [0.5, 0.6) is 5.75 Å². The van der Waals surface area contributed by atoms with Crippen molar-refractivity contribution >= 4 is 40.5 Å². The number of rotatable bonds is 7. The first-order valence-corrected chi connectivity index (χ1v) is 10.2. The standard InChI is InChI=1S/C22H16N2O6S/c1-29-17-5-2-4-16(12-17)23-21(25)19(14-7-9-15(10-8-14)24(27)28)20(22(23)26)31-13-18-6-3-11-30-18/h2-12H,13H2,1H3. The van der Waals surface area contributed by atoms with E-state index in [0.717, 1.165) is 4.90 Å². The van der Waals surface area contributed by atoms with Gasteiger partial charge in [-0.2, -0.15) is 0 Å². The number of hydrogen-bond acceptors (Lipinski definition) is 7. The van der Waals surface area contributed by atoms with Gasteiger partial charge in [0.1, 0.15) is 11.5 Å². The van der Waals surface area contributed by atoms with Gasteiger partial charge in [-0.25, -0.2) is 4.90 Å². The first-order valence-electron chi connectivity index (χ1n) is 9.16. The number of benzene rings is 2. The van der Waals surface area contributed by atoms with Crippen LogP contribution in [0.3, 0.4) is 0 Å². The summed E-state index contributed by atoms with van der Waals surface area (Å²) >= 11 is 1.18. The van der Waals surface area contributed by atoms with Crippen molar-refractivity contribution in [2.75, 3.05) is 12.0 Å². The number of imide groups is 1. The molecule has 0 atom stereocenters. The van der Waals surface area contributed by atoms with Crippen molar-refractivity contribution in [2.45, 2.75) is 5.75 Å². The Morgan fingerprint density at radius 3 is 2.48 bits per heavy atom. The number of non-ortho nitro benzene ring substituents is 1. The van der Waals surface area contributed by atoms with Gasteiger partial charge in [-0.1, -0.05) is 6.07 Å². The minimum Gasteiger partial charge on any atom is -0.497 e. The summed E-state index contributed by atoms with van der Waals surface area (Å²) in [7, 11) is 1.50. The van der Waals surface area contributed by atoms with Gasteiger partial charge in [-0.05, 0) is 42.0 Å². The Labute approximate surface area is 181 Å². The van der Waals surface area contributed by atoms with Gasteiger partial charge in [-0.3, -0.25) is 19.7 Å². The third-order valence-corrected chi connectivity index (χ3v) is 5.75. The Kier molecular flexibility index (Phi) is 5.59. The number of nitro groups is 1. The zero-order valence-corrected chi connectivity index (χ0v) is 17.1. The summed E-state index contributed by atoms with van der Waals surface area (Å²) in [4.78, 5) is 38.4. The lowest BCUT2D eigenvalue weighted by Gasteiger charge is -2.16. The van der Waals surface area contributed by atoms with Crippen molar-refractivity contribution in [3.63, 3.8) is 0 Å². The Hall–Kier alpha value is -3.85. The van der Waals surface area contributed by atoms with Crippen LogP contribution < -0.4 is 9.64 Å². The quantitative estimate of drug-likeness (QED) is 0.307. The van der Waals surface area contributed by atoms with Crippen molar-refractivity contribution in [2.24, 2.45) is 0 Å². The van der Waals surface area contributed by atoms with E-state index in [-0.39, 0.29) is 16.2 Å². The average Bonchev–Trinajstić information content (AvgIpc) is 3.38. The highest BCUT2D eigenvalue weighted by Gasteiger charge is 2.40. The monoisotopic (exact) mass is 436 g/mol. The van der Waals surface area contributed by atoms with E-state index in [1.54, 1.807) is 36.4 Å². The van der Waals surface area contributed by atoms with Gasteiger partial charge in [0.2, 0.25) is 0 Å². The largest absolute Gasteiger partial charge is 0.497 e. The summed E-state index contributed by atoms with van der Waals surface area (Å²) in [6, 6.07) is 15.7. The highest BCUT2D eigenvalue weighted by atomic mass is 32.2. The number of furan rings is 1. The van der Waals surface area contributed by atoms with Crippen LogP contribution in [0.25, 0.3) is 5.57 Å². The maximum atomic E-state index is 13.3. The highest BCUT2D eigenvalue weighted by Crippen LogP contribution is 2.40.